The molecule has 8 heteroatoms. The van der Waals surface area contributed by atoms with Crippen LogP contribution in [-0.4, -0.2) is 33.6 Å². The molecule has 0 aliphatic rings. The molecule has 0 unspecified atom stereocenters. The van der Waals surface area contributed by atoms with Crippen LogP contribution in [0.5, 0.6) is 0 Å². The Balaban J connectivity index is 1.60. The van der Waals surface area contributed by atoms with E-state index in [9.17, 15) is 9.59 Å². The van der Waals surface area contributed by atoms with Gasteiger partial charge in [0.05, 0.1) is 18.4 Å². The van der Waals surface area contributed by atoms with Gasteiger partial charge >= 0.3 is 5.97 Å². The second-order valence-corrected chi connectivity index (χ2v) is 6.48. The first-order valence-corrected chi connectivity index (χ1v) is 8.93. The minimum atomic E-state index is -0.502. The highest BCUT2D eigenvalue weighted by molar-refractivity contribution is 7.15. The molecule has 134 valence electrons. The van der Waals surface area contributed by atoms with Gasteiger partial charge in [-0.3, -0.25) is 10.1 Å². The van der Waals surface area contributed by atoms with E-state index in [0.717, 1.165) is 11.3 Å². The molecule has 4 rings (SSSR count). The molecule has 1 amide bonds. The molecule has 0 saturated carbocycles. The Morgan fingerprint density at radius 3 is 2.63 bits per heavy atom. The fourth-order valence-corrected chi connectivity index (χ4v) is 3.45. The first kappa shape index (κ1) is 16.9. The molecular weight excluding hydrogens is 364 g/mol. The first-order chi connectivity index (χ1) is 13.2. The second-order valence-electron chi connectivity index (χ2n) is 5.64. The highest BCUT2D eigenvalue weighted by Crippen LogP contribution is 2.25. The van der Waals surface area contributed by atoms with Crippen LogP contribution in [0.15, 0.2) is 60.0 Å². The van der Waals surface area contributed by atoms with Crippen molar-refractivity contribution in [2.75, 3.05) is 12.4 Å². The van der Waals surface area contributed by atoms with E-state index in [-0.39, 0.29) is 5.95 Å². The summed E-state index contributed by atoms with van der Waals surface area (Å²) in [6.45, 7) is 0. The van der Waals surface area contributed by atoms with Crippen LogP contribution in [0.4, 0.5) is 5.95 Å². The molecule has 0 fully saturated rings. The summed E-state index contributed by atoms with van der Waals surface area (Å²) in [5.41, 5.74) is 2.53. The predicted octanol–water partition coefficient (Wildman–Crippen LogP) is 3.50. The predicted molar refractivity (Wildman–Crippen MR) is 102 cm³/mol. The number of aromatic nitrogens is 3. The average Bonchev–Trinajstić information content (AvgIpc) is 3.28. The van der Waals surface area contributed by atoms with Gasteiger partial charge in [-0.05, 0) is 18.2 Å². The number of carbonyl (C=O) groups excluding carboxylic acids is 2. The number of nitrogens with zero attached hydrogens (tertiary/aromatic N) is 3. The molecule has 0 atom stereocenters. The molecule has 1 N–H and O–H groups in total. The van der Waals surface area contributed by atoms with Gasteiger partial charge in [-0.1, -0.05) is 36.4 Å². The molecule has 0 aliphatic heterocycles. The van der Waals surface area contributed by atoms with Crippen LogP contribution in [0.1, 0.15) is 20.7 Å². The summed E-state index contributed by atoms with van der Waals surface area (Å²) >= 11 is 1.44. The van der Waals surface area contributed by atoms with Crippen molar-refractivity contribution >= 4 is 34.1 Å². The lowest BCUT2D eigenvalue weighted by Crippen LogP contribution is -2.14. The van der Waals surface area contributed by atoms with Crippen molar-refractivity contribution in [1.82, 2.24) is 14.6 Å². The van der Waals surface area contributed by atoms with Crippen LogP contribution >= 0.6 is 11.3 Å². The van der Waals surface area contributed by atoms with Crippen molar-refractivity contribution in [2.45, 2.75) is 0 Å². The van der Waals surface area contributed by atoms with Gasteiger partial charge < -0.3 is 4.74 Å². The molecule has 0 aliphatic carbocycles. The number of hydrogen-bond acceptors (Lipinski definition) is 6. The quantitative estimate of drug-likeness (QED) is 0.550. The van der Waals surface area contributed by atoms with E-state index in [1.807, 2.05) is 35.7 Å². The summed E-state index contributed by atoms with van der Waals surface area (Å²) in [6, 6.07) is 16.1. The fraction of sp³-hybridized carbons (Fsp3) is 0.0526. The zero-order chi connectivity index (χ0) is 18.8. The lowest BCUT2D eigenvalue weighted by Gasteiger charge is -2.03. The number of fused-ring (bicyclic) bond motifs is 1. The monoisotopic (exact) mass is 378 g/mol. The third-order valence-electron chi connectivity index (χ3n) is 3.92. The molecular formula is C19H14N4O3S. The summed E-state index contributed by atoms with van der Waals surface area (Å²) in [5.74, 6) is -0.703. The number of ether oxygens (including phenoxy) is 1. The number of rotatable bonds is 4. The van der Waals surface area contributed by atoms with Crippen molar-refractivity contribution in [3.8, 4) is 11.3 Å². The lowest BCUT2D eigenvalue weighted by atomic mass is 10.1. The molecule has 2 aromatic carbocycles. The van der Waals surface area contributed by atoms with E-state index in [0.29, 0.717) is 16.1 Å². The van der Waals surface area contributed by atoms with Crippen molar-refractivity contribution in [3.05, 3.63) is 71.1 Å². The summed E-state index contributed by atoms with van der Waals surface area (Å²) in [6.07, 6.45) is 0. The smallest absolute Gasteiger partial charge is 0.337 e. The molecule has 2 heterocycles. The van der Waals surface area contributed by atoms with E-state index < -0.39 is 11.9 Å². The molecule has 0 spiro atoms. The number of carbonyl (C=O) groups is 2. The third-order valence-corrected chi connectivity index (χ3v) is 4.74. The number of amides is 1. The Kier molecular flexibility index (Phi) is 4.39. The molecule has 0 radical (unpaired) electrons. The van der Waals surface area contributed by atoms with Gasteiger partial charge in [-0.2, -0.15) is 4.98 Å². The fourth-order valence-electron chi connectivity index (χ4n) is 2.62. The van der Waals surface area contributed by atoms with E-state index in [1.54, 1.807) is 22.7 Å². The third kappa shape index (κ3) is 3.30. The Bertz CT molecular complexity index is 1130. The van der Waals surface area contributed by atoms with E-state index in [2.05, 4.69) is 20.1 Å². The number of methoxy groups -OCH3 is 1. The number of anilines is 1. The number of esters is 1. The SMILES string of the molecule is COC(=O)c1cccc(C(=O)Nc2nc3scc(-c4ccccc4)n3n2)c1. The number of benzene rings is 2. The second kappa shape index (κ2) is 7.00. The average molecular weight is 378 g/mol. The van der Waals surface area contributed by atoms with Gasteiger partial charge in [-0.25, -0.2) is 9.31 Å². The molecule has 27 heavy (non-hydrogen) atoms. The maximum Gasteiger partial charge on any atom is 0.337 e. The summed E-state index contributed by atoms with van der Waals surface area (Å²) < 4.78 is 6.37. The Hall–Kier alpha value is -3.52. The summed E-state index contributed by atoms with van der Waals surface area (Å²) in [4.78, 5) is 29.1. The van der Waals surface area contributed by atoms with Crippen molar-refractivity contribution in [2.24, 2.45) is 0 Å². The van der Waals surface area contributed by atoms with Gasteiger partial charge in [0.1, 0.15) is 0 Å². The van der Waals surface area contributed by atoms with Gasteiger partial charge in [0, 0.05) is 16.5 Å². The number of nitrogens with one attached hydrogen (secondary N) is 1. The van der Waals surface area contributed by atoms with Crippen LogP contribution in [0.3, 0.4) is 0 Å². The van der Waals surface area contributed by atoms with E-state index in [4.69, 9.17) is 0 Å². The Morgan fingerprint density at radius 1 is 1.07 bits per heavy atom. The molecule has 0 saturated heterocycles. The molecule has 7 nitrogen and oxygen atoms in total. The van der Waals surface area contributed by atoms with Crippen LogP contribution in [0.2, 0.25) is 0 Å². The Labute approximate surface area is 158 Å². The molecule has 4 aromatic rings. The largest absolute Gasteiger partial charge is 0.465 e. The highest BCUT2D eigenvalue weighted by Gasteiger charge is 2.15. The highest BCUT2D eigenvalue weighted by atomic mass is 32.1. The van der Waals surface area contributed by atoms with Gasteiger partial charge in [-0.15, -0.1) is 16.4 Å². The first-order valence-electron chi connectivity index (χ1n) is 8.05. The normalized spacial score (nSPS) is 10.7. The van der Waals surface area contributed by atoms with Gasteiger partial charge in [0.15, 0.2) is 0 Å². The summed E-state index contributed by atoms with van der Waals surface area (Å²) in [5, 5.41) is 9.02. The Morgan fingerprint density at radius 2 is 1.85 bits per heavy atom. The summed E-state index contributed by atoms with van der Waals surface area (Å²) in [7, 11) is 1.29. The van der Waals surface area contributed by atoms with Gasteiger partial charge in [0.2, 0.25) is 4.96 Å². The molecule has 2 aromatic heterocycles. The van der Waals surface area contributed by atoms with Crippen molar-refractivity contribution in [1.29, 1.82) is 0 Å². The van der Waals surface area contributed by atoms with Crippen molar-refractivity contribution < 1.29 is 14.3 Å². The van der Waals surface area contributed by atoms with E-state index >= 15 is 0 Å². The standard InChI is InChI=1S/C19H14N4O3S/c1-26-17(25)14-9-5-8-13(10-14)16(24)20-18-21-19-23(22-18)15(11-27-19)12-6-3-2-4-7-12/h2-11H,1H3,(H,20,22,24). The minimum absolute atomic E-state index is 0.201. The van der Waals surface area contributed by atoms with Crippen LogP contribution < -0.4 is 5.32 Å². The zero-order valence-corrected chi connectivity index (χ0v) is 15.1. The van der Waals surface area contributed by atoms with Gasteiger partial charge in [0.25, 0.3) is 11.9 Å². The van der Waals surface area contributed by atoms with E-state index in [1.165, 1.54) is 24.5 Å². The van der Waals surface area contributed by atoms with Crippen LogP contribution in [-0.2, 0) is 4.74 Å². The lowest BCUT2D eigenvalue weighted by molar-refractivity contribution is 0.0600. The minimum Gasteiger partial charge on any atom is -0.465 e. The topological polar surface area (TPSA) is 85.6 Å². The number of thiazole rings is 1. The van der Waals surface area contributed by atoms with Crippen molar-refractivity contribution in [3.63, 3.8) is 0 Å². The van der Waals surface area contributed by atoms with Crippen LogP contribution in [0.25, 0.3) is 16.2 Å². The number of hydrogen-bond donors (Lipinski definition) is 1. The maximum atomic E-state index is 12.5. The maximum absolute atomic E-state index is 12.5. The zero-order valence-electron chi connectivity index (χ0n) is 14.2. The molecule has 0 bridgehead atoms. The van der Waals surface area contributed by atoms with Crippen LogP contribution in [0, 0.1) is 0 Å².